The maximum atomic E-state index is 6.06. The lowest BCUT2D eigenvalue weighted by Gasteiger charge is -2.02. The Kier molecular flexibility index (Phi) is 4.18. The number of imidazole rings is 1. The monoisotopic (exact) mass is 385 g/mol. The first kappa shape index (κ1) is 16.8. The zero-order valence-electron chi connectivity index (χ0n) is 14.9. The Morgan fingerprint density at radius 1 is 0.893 bits per heavy atom. The Balaban J connectivity index is 1.62. The standard InChI is InChI=1S/C23H16ClN3O/c24-18-11-9-17(10-12-18)22-23(27-13-5-4-8-21(27)25-22)20-15-19(26-28-20)14-16-6-2-1-3-7-16/h1-13,15H,14H2. The summed E-state index contributed by atoms with van der Waals surface area (Å²) in [5.41, 5.74) is 5.62. The van der Waals surface area contributed by atoms with E-state index in [0.29, 0.717) is 10.8 Å². The summed E-state index contributed by atoms with van der Waals surface area (Å²) in [5.74, 6) is 0.689. The molecule has 5 aromatic rings. The van der Waals surface area contributed by atoms with Gasteiger partial charge in [-0.25, -0.2) is 4.98 Å². The zero-order chi connectivity index (χ0) is 18.9. The van der Waals surface area contributed by atoms with E-state index in [1.165, 1.54) is 5.56 Å². The minimum Gasteiger partial charge on any atom is -0.354 e. The molecule has 0 radical (unpaired) electrons. The van der Waals surface area contributed by atoms with Crippen LogP contribution in [0.5, 0.6) is 0 Å². The molecule has 0 amide bonds. The summed E-state index contributed by atoms with van der Waals surface area (Å²) in [4.78, 5) is 4.81. The van der Waals surface area contributed by atoms with Gasteiger partial charge in [0.15, 0.2) is 5.76 Å². The van der Waals surface area contributed by atoms with Crippen molar-refractivity contribution in [1.82, 2.24) is 14.5 Å². The van der Waals surface area contributed by atoms with Gasteiger partial charge in [0.1, 0.15) is 17.0 Å². The summed E-state index contributed by atoms with van der Waals surface area (Å²) in [5, 5.41) is 4.98. The van der Waals surface area contributed by atoms with Gasteiger partial charge >= 0.3 is 0 Å². The van der Waals surface area contributed by atoms with E-state index in [9.17, 15) is 0 Å². The van der Waals surface area contributed by atoms with Crippen molar-refractivity contribution in [3.05, 3.63) is 101 Å². The topological polar surface area (TPSA) is 43.3 Å². The predicted octanol–water partition coefficient (Wildman–Crippen LogP) is 5.90. The SMILES string of the molecule is Clc1ccc(-c2nc3ccccn3c2-c2cc(Cc3ccccc3)no2)cc1. The van der Waals surface area contributed by atoms with E-state index >= 15 is 0 Å². The van der Waals surface area contributed by atoms with Crippen molar-refractivity contribution in [2.75, 3.05) is 0 Å². The van der Waals surface area contributed by atoms with Crippen molar-refractivity contribution in [3.8, 4) is 22.7 Å². The molecule has 28 heavy (non-hydrogen) atoms. The lowest BCUT2D eigenvalue weighted by atomic mass is 10.1. The molecule has 136 valence electrons. The number of nitrogens with zero attached hydrogens (tertiary/aromatic N) is 3. The summed E-state index contributed by atoms with van der Waals surface area (Å²) >= 11 is 6.06. The van der Waals surface area contributed by atoms with Gasteiger partial charge in [-0.2, -0.15) is 0 Å². The molecule has 5 heteroatoms. The average Bonchev–Trinajstić information content (AvgIpc) is 3.33. The van der Waals surface area contributed by atoms with Crippen LogP contribution in [0.4, 0.5) is 0 Å². The Morgan fingerprint density at radius 2 is 1.68 bits per heavy atom. The maximum absolute atomic E-state index is 6.06. The Morgan fingerprint density at radius 3 is 2.50 bits per heavy atom. The van der Waals surface area contributed by atoms with Gasteiger partial charge in [0.2, 0.25) is 0 Å². The van der Waals surface area contributed by atoms with Gasteiger partial charge in [-0.15, -0.1) is 0 Å². The lowest BCUT2D eigenvalue weighted by molar-refractivity contribution is 0.424. The third-order valence-corrected chi connectivity index (χ3v) is 4.92. The van der Waals surface area contributed by atoms with Gasteiger partial charge in [-0.05, 0) is 29.8 Å². The van der Waals surface area contributed by atoms with Crippen molar-refractivity contribution >= 4 is 17.2 Å². The highest BCUT2D eigenvalue weighted by atomic mass is 35.5. The van der Waals surface area contributed by atoms with E-state index < -0.39 is 0 Å². The number of benzene rings is 2. The van der Waals surface area contributed by atoms with E-state index in [1.807, 2.05) is 77.3 Å². The van der Waals surface area contributed by atoms with Crippen molar-refractivity contribution in [2.24, 2.45) is 0 Å². The Labute approximate surface area is 167 Å². The van der Waals surface area contributed by atoms with E-state index in [2.05, 4.69) is 17.3 Å². The number of hydrogen-bond donors (Lipinski definition) is 0. The lowest BCUT2D eigenvalue weighted by Crippen LogP contribution is -1.88. The number of fused-ring (bicyclic) bond motifs is 1. The van der Waals surface area contributed by atoms with Gasteiger partial charge < -0.3 is 4.52 Å². The molecule has 0 aliphatic rings. The molecule has 0 aliphatic carbocycles. The van der Waals surface area contributed by atoms with Crippen LogP contribution in [0.25, 0.3) is 28.4 Å². The highest BCUT2D eigenvalue weighted by Crippen LogP contribution is 2.33. The van der Waals surface area contributed by atoms with E-state index in [4.69, 9.17) is 21.1 Å². The van der Waals surface area contributed by atoms with Crippen LogP contribution in [0.3, 0.4) is 0 Å². The third-order valence-electron chi connectivity index (χ3n) is 4.67. The molecule has 0 fully saturated rings. The minimum atomic E-state index is 0.689. The largest absolute Gasteiger partial charge is 0.354 e. The fourth-order valence-corrected chi connectivity index (χ4v) is 3.48. The molecule has 3 aromatic heterocycles. The molecule has 4 nitrogen and oxygen atoms in total. The summed E-state index contributed by atoms with van der Waals surface area (Å²) in [6.07, 6.45) is 2.70. The second kappa shape index (κ2) is 6.98. The minimum absolute atomic E-state index is 0.689. The number of rotatable bonds is 4. The first-order valence-corrected chi connectivity index (χ1v) is 9.39. The summed E-state index contributed by atoms with van der Waals surface area (Å²) in [6, 6.07) is 25.8. The summed E-state index contributed by atoms with van der Waals surface area (Å²) in [6.45, 7) is 0. The molecule has 0 aliphatic heterocycles. The highest BCUT2D eigenvalue weighted by molar-refractivity contribution is 6.30. The molecule has 0 saturated carbocycles. The van der Waals surface area contributed by atoms with E-state index in [1.54, 1.807) is 0 Å². The molecule has 5 rings (SSSR count). The van der Waals surface area contributed by atoms with Gasteiger partial charge in [0, 0.05) is 29.3 Å². The molecule has 0 saturated heterocycles. The Bertz CT molecular complexity index is 1240. The molecule has 0 unspecified atom stereocenters. The summed E-state index contributed by atoms with van der Waals surface area (Å²) < 4.78 is 7.76. The molecule has 0 atom stereocenters. The van der Waals surface area contributed by atoms with Crippen molar-refractivity contribution < 1.29 is 4.52 Å². The highest BCUT2D eigenvalue weighted by Gasteiger charge is 2.19. The molecule has 3 heterocycles. The first-order valence-electron chi connectivity index (χ1n) is 9.01. The van der Waals surface area contributed by atoms with Gasteiger partial charge in [-0.1, -0.05) is 65.3 Å². The van der Waals surface area contributed by atoms with Crippen LogP contribution in [0, 0.1) is 0 Å². The van der Waals surface area contributed by atoms with Crippen molar-refractivity contribution in [3.63, 3.8) is 0 Å². The van der Waals surface area contributed by atoms with Crippen LogP contribution in [0.15, 0.2) is 89.6 Å². The number of halogens is 1. The molecule has 2 aromatic carbocycles. The normalized spacial score (nSPS) is 11.2. The van der Waals surface area contributed by atoms with Gasteiger partial charge in [0.25, 0.3) is 0 Å². The molecule has 0 N–H and O–H groups in total. The van der Waals surface area contributed by atoms with E-state index in [0.717, 1.165) is 34.7 Å². The van der Waals surface area contributed by atoms with Crippen LogP contribution in [-0.2, 0) is 6.42 Å². The van der Waals surface area contributed by atoms with E-state index in [-0.39, 0.29) is 0 Å². The number of hydrogen-bond acceptors (Lipinski definition) is 3. The average molecular weight is 386 g/mol. The first-order chi connectivity index (χ1) is 13.8. The van der Waals surface area contributed by atoms with Crippen LogP contribution in [0.2, 0.25) is 5.02 Å². The smallest absolute Gasteiger partial charge is 0.186 e. The van der Waals surface area contributed by atoms with Gasteiger partial charge in [-0.3, -0.25) is 4.40 Å². The molecule has 0 bridgehead atoms. The maximum Gasteiger partial charge on any atom is 0.186 e. The van der Waals surface area contributed by atoms with Crippen LogP contribution in [0.1, 0.15) is 11.3 Å². The molecular weight excluding hydrogens is 370 g/mol. The quantitative estimate of drug-likeness (QED) is 0.386. The number of pyridine rings is 1. The fraction of sp³-hybridized carbons (Fsp3) is 0.0435. The van der Waals surface area contributed by atoms with Crippen LogP contribution in [-0.4, -0.2) is 14.5 Å². The second-order valence-electron chi connectivity index (χ2n) is 6.59. The zero-order valence-corrected chi connectivity index (χ0v) is 15.7. The number of aromatic nitrogens is 3. The fourth-order valence-electron chi connectivity index (χ4n) is 3.35. The third kappa shape index (κ3) is 3.08. The Hall–Kier alpha value is -3.37. The van der Waals surface area contributed by atoms with Crippen LogP contribution >= 0.6 is 11.6 Å². The molecular formula is C23H16ClN3O. The summed E-state index contributed by atoms with van der Waals surface area (Å²) in [7, 11) is 0. The van der Waals surface area contributed by atoms with Crippen molar-refractivity contribution in [1.29, 1.82) is 0 Å². The second-order valence-corrected chi connectivity index (χ2v) is 7.03. The van der Waals surface area contributed by atoms with Gasteiger partial charge in [0.05, 0.1) is 5.69 Å². The van der Waals surface area contributed by atoms with Crippen molar-refractivity contribution in [2.45, 2.75) is 6.42 Å². The predicted molar refractivity (Wildman–Crippen MR) is 110 cm³/mol. The molecule has 0 spiro atoms. The van der Waals surface area contributed by atoms with Crippen LogP contribution < -0.4 is 0 Å².